The van der Waals surface area contributed by atoms with Crippen LogP contribution in [-0.4, -0.2) is 21.9 Å². The minimum Gasteiger partial charge on any atom is -0.345 e. The molecule has 5 nitrogen and oxygen atoms in total. The molecule has 124 valence electrons. The van der Waals surface area contributed by atoms with Crippen LogP contribution in [0.3, 0.4) is 0 Å². The highest BCUT2D eigenvalue weighted by atomic mass is 35.5. The molecule has 2 atom stereocenters. The van der Waals surface area contributed by atoms with Gasteiger partial charge in [0.25, 0.3) is 0 Å². The van der Waals surface area contributed by atoms with Gasteiger partial charge in [0, 0.05) is 0 Å². The van der Waals surface area contributed by atoms with E-state index in [2.05, 4.69) is 29.1 Å². The molecule has 7 heteroatoms. The van der Waals surface area contributed by atoms with Gasteiger partial charge >= 0.3 is 0 Å². The van der Waals surface area contributed by atoms with Gasteiger partial charge in [0.1, 0.15) is 5.82 Å². The van der Waals surface area contributed by atoms with E-state index < -0.39 is 6.04 Å². The standard InChI is InChI=1S/C15H22N4O.2ClH/c1-9(2)8-13(19-15(20)10(3)16)14-17-11-6-4-5-7-12(11)18-14;;/h4-7,9-10,13H,8,16H2,1-3H3,(H,17,18)(H,19,20);2*1H. The van der Waals surface area contributed by atoms with E-state index in [1.165, 1.54) is 0 Å². The van der Waals surface area contributed by atoms with Gasteiger partial charge in [-0.05, 0) is 31.4 Å². The fourth-order valence-electron chi connectivity index (χ4n) is 2.15. The van der Waals surface area contributed by atoms with Crippen molar-refractivity contribution < 1.29 is 4.79 Å². The van der Waals surface area contributed by atoms with Crippen molar-refractivity contribution in [1.82, 2.24) is 15.3 Å². The maximum Gasteiger partial charge on any atom is 0.237 e. The lowest BCUT2D eigenvalue weighted by Gasteiger charge is -2.19. The molecule has 0 aliphatic rings. The van der Waals surface area contributed by atoms with Gasteiger partial charge in [0.15, 0.2) is 0 Å². The Kier molecular flexibility index (Phi) is 8.45. The van der Waals surface area contributed by atoms with Crippen LogP contribution in [0.25, 0.3) is 11.0 Å². The van der Waals surface area contributed by atoms with E-state index in [-0.39, 0.29) is 36.8 Å². The molecule has 0 bridgehead atoms. The zero-order valence-electron chi connectivity index (χ0n) is 13.0. The molecular weight excluding hydrogens is 323 g/mol. The summed E-state index contributed by atoms with van der Waals surface area (Å²) in [4.78, 5) is 19.7. The number of carbonyl (C=O) groups is 1. The number of imidazole rings is 1. The van der Waals surface area contributed by atoms with Crippen molar-refractivity contribution in [3.63, 3.8) is 0 Å². The molecule has 4 N–H and O–H groups in total. The Morgan fingerprint density at radius 2 is 1.91 bits per heavy atom. The van der Waals surface area contributed by atoms with Gasteiger partial charge in [-0.15, -0.1) is 24.8 Å². The second-order valence-electron chi connectivity index (χ2n) is 5.62. The summed E-state index contributed by atoms with van der Waals surface area (Å²) in [5.41, 5.74) is 7.51. The molecule has 1 amide bonds. The summed E-state index contributed by atoms with van der Waals surface area (Å²) in [6, 6.07) is 7.18. The number of nitrogens with zero attached hydrogens (tertiary/aromatic N) is 1. The van der Waals surface area contributed by atoms with Crippen molar-refractivity contribution in [3.05, 3.63) is 30.1 Å². The molecule has 0 saturated heterocycles. The summed E-state index contributed by atoms with van der Waals surface area (Å²) in [6.07, 6.45) is 0.818. The first-order valence-electron chi connectivity index (χ1n) is 6.98. The second-order valence-corrected chi connectivity index (χ2v) is 5.62. The number of nitrogens with one attached hydrogen (secondary N) is 2. The minimum absolute atomic E-state index is 0. The highest BCUT2D eigenvalue weighted by molar-refractivity contribution is 5.85. The van der Waals surface area contributed by atoms with Crippen LogP contribution in [0.1, 0.15) is 39.1 Å². The number of carbonyl (C=O) groups excluding carboxylic acids is 1. The van der Waals surface area contributed by atoms with Crippen LogP contribution < -0.4 is 11.1 Å². The third kappa shape index (κ3) is 5.16. The first-order chi connectivity index (χ1) is 9.47. The lowest BCUT2D eigenvalue weighted by molar-refractivity contribution is -0.122. The lowest BCUT2D eigenvalue weighted by Crippen LogP contribution is -2.41. The number of hydrogen-bond acceptors (Lipinski definition) is 3. The molecule has 0 radical (unpaired) electrons. The molecule has 22 heavy (non-hydrogen) atoms. The monoisotopic (exact) mass is 346 g/mol. The molecule has 1 aromatic carbocycles. The van der Waals surface area contributed by atoms with Gasteiger partial charge in [-0.3, -0.25) is 4.79 Å². The third-order valence-corrected chi connectivity index (χ3v) is 3.17. The summed E-state index contributed by atoms with van der Waals surface area (Å²) in [6.45, 7) is 5.92. The average molecular weight is 347 g/mol. The Morgan fingerprint density at radius 1 is 1.27 bits per heavy atom. The van der Waals surface area contributed by atoms with E-state index >= 15 is 0 Å². The second kappa shape index (κ2) is 8.98. The Labute approximate surface area is 143 Å². The number of rotatable bonds is 5. The first kappa shape index (κ1) is 20.7. The molecule has 0 aliphatic carbocycles. The third-order valence-electron chi connectivity index (χ3n) is 3.17. The highest BCUT2D eigenvalue weighted by Gasteiger charge is 2.21. The molecule has 2 aromatic rings. The number of benzene rings is 1. The molecule has 1 heterocycles. The first-order valence-corrected chi connectivity index (χ1v) is 6.98. The largest absolute Gasteiger partial charge is 0.345 e. The number of halogens is 2. The van der Waals surface area contributed by atoms with E-state index in [1.807, 2.05) is 24.3 Å². The normalized spacial score (nSPS) is 13.1. The summed E-state index contributed by atoms with van der Waals surface area (Å²) in [5.74, 6) is 1.08. The van der Waals surface area contributed by atoms with Gasteiger partial charge in [0.2, 0.25) is 5.91 Å². The van der Waals surface area contributed by atoms with Crippen LogP contribution >= 0.6 is 24.8 Å². The van der Waals surface area contributed by atoms with Crippen molar-refractivity contribution in [2.75, 3.05) is 0 Å². The lowest BCUT2D eigenvalue weighted by atomic mass is 10.0. The molecule has 2 rings (SSSR count). The molecule has 0 fully saturated rings. The van der Waals surface area contributed by atoms with Crippen molar-refractivity contribution >= 4 is 41.8 Å². The molecule has 1 aromatic heterocycles. The molecule has 0 aliphatic heterocycles. The van der Waals surface area contributed by atoms with Crippen molar-refractivity contribution in [2.24, 2.45) is 11.7 Å². The minimum atomic E-state index is -0.519. The van der Waals surface area contributed by atoms with Gasteiger partial charge in [-0.25, -0.2) is 4.98 Å². The number of aromatic amines is 1. The van der Waals surface area contributed by atoms with E-state index in [1.54, 1.807) is 6.92 Å². The van der Waals surface area contributed by atoms with Crippen LogP contribution in [0.15, 0.2) is 24.3 Å². The summed E-state index contributed by atoms with van der Waals surface area (Å²) >= 11 is 0. The number of fused-ring (bicyclic) bond motifs is 1. The zero-order chi connectivity index (χ0) is 14.7. The van der Waals surface area contributed by atoms with Crippen LogP contribution in [-0.2, 0) is 4.79 Å². The summed E-state index contributed by atoms with van der Waals surface area (Å²) in [5, 5.41) is 2.97. The van der Waals surface area contributed by atoms with Gasteiger partial charge in [-0.1, -0.05) is 26.0 Å². The van der Waals surface area contributed by atoms with Gasteiger partial charge < -0.3 is 16.0 Å². The summed E-state index contributed by atoms with van der Waals surface area (Å²) in [7, 11) is 0. The number of amides is 1. The van der Waals surface area contributed by atoms with Crippen molar-refractivity contribution in [2.45, 2.75) is 39.3 Å². The van der Waals surface area contributed by atoms with E-state index in [4.69, 9.17) is 5.73 Å². The molecule has 2 unspecified atom stereocenters. The fourth-order valence-corrected chi connectivity index (χ4v) is 2.15. The smallest absolute Gasteiger partial charge is 0.237 e. The van der Waals surface area contributed by atoms with Gasteiger partial charge in [0.05, 0.1) is 23.1 Å². The Morgan fingerprint density at radius 3 is 2.45 bits per heavy atom. The average Bonchev–Trinajstić information content (AvgIpc) is 2.80. The number of H-pyrrole nitrogens is 1. The number of aromatic nitrogens is 2. The van der Waals surface area contributed by atoms with E-state index in [0.717, 1.165) is 23.3 Å². The molecular formula is C15H24Cl2N4O. The molecule has 0 saturated carbocycles. The molecule has 0 spiro atoms. The van der Waals surface area contributed by atoms with Crippen LogP contribution in [0, 0.1) is 5.92 Å². The summed E-state index contributed by atoms with van der Waals surface area (Å²) < 4.78 is 0. The van der Waals surface area contributed by atoms with Crippen molar-refractivity contribution in [1.29, 1.82) is 0 Å². The Bertz CT molecular complexity index is 565. The van der Waals surface area contributed by atoms with Crippen LogP contribution in [0.4, 0.5) is 0 Å². The number of hydrogen-bond donors (Lipinski definition) is 3. The topological polar surface area (TPSA) is 83.8 Å². The Balaban J connectivity index is 0.00000220. The van der Waals surface area contributed by atoms with E-state index in [0.29, 0.717) is 5.92 Å². The van der Waals surface area contributed by atoms with Crippen molar-refractivity contribution in [3.8, 4) is 0 Å². The SMILES string of the molecule is CC(C)CC(NC(=O)C(C)N)c1nc2ccccc2[nH]1.Cl.Cl. The fraction of sp³-hybridized carbons (Fsp3) is 0.467. The van der Waals surface area contributed by atoms with Gasteiger partial charge in [-0.2, -0.15) is 0 Å². The number of para-hydroxylation sites is 2. The number of nitrogens with two attached hydrogens (primary N) is 1. The predicted octanol–water partition coefficient (Wildman–Crippen LogP) is 2.96. The highest BCUT2D eigenvalue weighted by Crippen LogP contribution is 2.21. The van der Waals surface area contributed by atoms with E-state index in [9.17, 15) is 4.79 Å². The quantitative estimate of drug-likeness (QED) is 0.777. The Hall–Kier alpha value is -1.30. The van der Waals surface area contributed by atoms with Crippen LogP contribution in [0.5, 0.6) is 0 Å². The maximum atomic E-state index is 11.8. The maximum absolute atomic E-state index is 11.8. The predicted molar refractivity (Wildman–Crippen MR) is 94.6 cm³/mol. The zero-order valence-corrected chi connectivity index (χ0v) is 14.6. The van der Waals surface area contributed by atoms with Crippen LogP contribution in [0.2, 0.25) is 0 Å².